The molecular formula is C31H38N2O2S. The summed E-state index contributed by atoms with van der Waals surface area (Å²) in [6.45, 7) is 6.53. The second-order valence-electron chi connectivity index (χ2n) is 9.26. The van der Waals surface area contributed by atoms with Crippen molar-refractivity contribution in [1.82, 2.24) is 10.2 Å². The Labute approximate surface area is 220 Å². The summed E-state index contributed by atoms with van der Waals surface area (Å²) in [6, 6.07) is 27.8. The molecule has 0 aromatic heterocycles. The number of rotatable bonds is 13. The number of aryl methyl sites for hydroxylation is 1. The quantitative estimate of drug-likeness (QED) is 0.284. The van der Waals surface area contributed by atoms with Crippen LogP contribution in [0.2, 0.25) is 0 Å². The third kappa shape index (κ3) is 8.56. The molecule has 0 aliphatic heterocycles. The van der Waals surface area contributed by atoms with Crippen LogP contribution in [0.4, 0.5) is 0 Å². The van der Waals surface area contributed by atoms with Gasteiger partial charge in [0.05, 0.1) is 0 Å². The van der Waals surface area contributed by atoms with Gasteiger partial charge in [-0.15, -0.1) is 0 Å². The zero-order valence-electron chi connectivity index (χ0n) is 21.7. The van der Waals surface area contributed by atoms with Crippen LogP contribution in [0, 0.1) is 6.92 Å². The summed E-state index contributed by atoms with van der Waals surface area (Å²) in [6.07, 6.45) is 1.72. The molecule has 2 atom stereocenters. The van der Waals surface area contributed by atoms with Crippen LogP contribution in [-0.4, -0.2) is 34.6 Å². The Morgan fingerprint density at radius 3 is 2.14 bits per heavy atom. The lowest BCUT2D eigenvalue weighted by atomic mass is 10.0. The van der Waals surface area contributed by atoms with E-state index in [9.17, 15) is 9.59 Å². The highest BCUT2D eigenvalue weighted by Gasteiger charge is 2.31. The average Bonchev–Trinajstić information content (AvgIpc) is 2.90. The molecule has 0 radical (unpaired) electrons. The summed E-state index contributed by atoms with van der Waals surface area (Å²) in [5.74, 6) is 1.50. The van der Waals surface area contributed by atoms with Crippen molar-refractivity contribution < 1.29 is 9.59 Å². The third-order valence-electron chi connectivity index (χ3n) is 6.45. The molecule has 0 saturated heterocycles. The molecule has 36 heavy (non-hydrogen) atoms. The third-order valence-corrected chi connectivity index (χ3v) is 7.48. The van der Waals surface area contributed by atoms with Crippen molar-refractivity contribution in [1.29, 1.82) is 0 Å². The maximum Gasteiger partial charge on any atom is 0.243 e. The second-order valence-corrected chi connectivity index (χ2v) is 10.4. The molecule has 0 aliphatic carbocycles. The molecule has 3 rings (SSSR count). The number of nitrogens with zero attached hydrogens (tertiary/aromatic N) is 1. The number of hydrogen-bond donors (Lipinski definition) is 1. The smallest absolute Gasteiger partial charge is 0.243 e. The van der Waals surface area contributed by atoms with Crippen molar-refractivity contribution in [3.63, 3.8) is 0 Å². The van der Waals surface area contributed by atoms with E-state index in [1.165, 1.54) is 5.56 Å². The average molecular weight is 503 g/mol. The number of amides is 2. The Balaban J connectivity index is 1.81. The molecule has 2 amide bonds. The molecular weight excluding hydrogens is 464 g/mol. The van der Waals surface area contributed by atoms with Gasteiger partial charge in [0, 0.05) is 36.9 Å². The van der Waals surface area contributed by atoms with E-state index < -0.39 is 6.04 Å². The maximum atomic E-state index is 13.7. The first-order chi connectivity index (χ1) is 17.5. The summed E-state index contributed by atoms with van der Waals surface area (Å²) < 4.78 is 0. The van der Waals surface area contributed by atoms with Gasteiger partial charge in [0.25, 0.3) is 0 Å². The Morgan fingerprint density at radius 2 is 1.50 bits per heavy atom. The van der Waals surface area contributed by atoms with E-state index in [2.05, 4.69) is 37.4 Å². The van der Waals surface area contributed by atoms with Gasteiger partial charge in [0.1, 0.15) is 6.04 Å². The van der Waals surface area contributed by atoms with Gasteiger partial charge in [-0.2, -0.15) is 11.8 Å². The molecule has 3 aromatic rings. The Morgan fingerprint density at radius 1 is 0.889 bits per heavy atom. The summed E-state index contributed by atoms with van der Waals surface area (Å²) in [4.78, 5) is 29.0. The molecule has 1 N–H and O–H groups in total. The first kappa shape index (κ1) is 27.5. The Kier molecular flexibility index (Phi) is 11.1. The molecule has 5 heteroatoms. The predicted molar refractivity (Wildman–Crippen MR) is 151 cm³/mol. The number of benzene rings is 3. The summed E-state index contributed by atoms with van der Waals surface area (Å²) >= 11 is 1.75. The fraction of sp³-hybridized carbons (Fsp3) is 0.355. The minimum Gasteiger partial charge on any atom is -0.352 e. The van der Waals surface area contributed by atoms with Gasteiger partial charge in [-0.3, -0.25) is 9.59 Å². The van der Waals surface area contributed by atoms with E-state index in [1.54, 1.807) is 16.7 Å². The van der Waals surface area contributed by atoms with Gasteiger partial charge in [0.15, 0.2) is 0 Å². The monoisotopic (exact) mass is 502 g/mol. The van der Waals surface area contributed by atoms with Crippen molar-refractivity contribution in [3.8, 4) is 0 Å². The van der Waals surface area contributed by atoms with E-state index in [-0.39, 0.29) is 17.9 Å². The summed E-state index contributed by atoms with van der Waals surface area (Å²) in [7, 11) is 0. The molecule has 190 valence electrons. The van der Waals surface area contributed by atoms with Crippen molar-refractivity contribution >= 4 is 23.6 Å². The van der Waals surface area contributed by atoms with Crippen molar-refractivity contribution in [2.24, 2.45) is 0 Å². The molecule has 0 saturated carbocycles. The van der Waals surface area contributed by atoms with Gasteiger partial charge in [-0.25, -0.2) is 0 Å². The van der Waals surface area contributed by atoms with Gasteiger partial charge < -0.3 is 10.2 Å². The zero-order valence-corrected chi connectivity index (χ0v) is 22.5. The number of carbonyl (C=O) groups excluding carboxylic acids is 2. The van der Waals surface area contributed by atoms with E-state index in [4.69, 9.17) is 0 Å². The van der Waals surface area contributed by atoms with E-state index in [0.29, 0.717) is 25.1 Å². The van der Waals surface area contributed by atoms with Crippen LogP contribution >= 0.6 is 11.8 Å². The fourth-order valence-corrected chi connectivity index (χ4v) is 4.92. The minimum atomic E-state index is -0.576. The summed E-state index contributed by atoms with van der Waals surface area (Å²) in [5, 5.41) is 3.14. The molecule has 0 spiro atoms. The minimum absolute atomic E-state index is 0.0130. The first-order valence-corrected chi connectivity index (χ1v) is 13.9. The van der Waals surface area contributed by atoms with Gasteiger partial charge in [-0.05, 0) is 42.5 Å². The molecule has 3 aromatic carbocycles. The van der Waals surface area contributed by atoms with Crippen LogP contribution in [0.5, 0.6) is 0 Å². The van der Waals surface area contributed by atoms with Gasteiger partial charge >= 0.3 is 0 Å². The van der Waals surface area contributed by atoms with Crippen molar-refractivity contribution in [3.05, 3.63) is 107 Å². The van der Waals surface area contributed by atoms with Gasteiger partial charge in [0.2, 0.25) is 11.8 Å². The second kappa shape index (κ2) is 14.5. The molecule has 0 aliphatic rings. The standard InChI is InChI=1S/C31H38N2O2S/c1-4-25(3)32-31(35)29(21-26-14-7-5-8-15-26)33(22-28-18-12-11-13-24(28)2)30(34)19-20-36-23-27-16-9-6-10-17-27/h5-18,25,29H,4,19-23H2,1-3H3,(H,32,35). The lowest BCUT2D eigenvalue weighted by Crippen LogP contribution is -2.52. The fourth-order valence-electron chi connectivity index (χ4n) is 4.03. The predicted octanol–water partition coefficient (Wildman–Crippen LogP) is 6.17. The Hall–Kier alpha value is -3.05. The molecule has 0 bridgehead atoms. The zero-order chi connectivity index (χ0) is 25.8. The maximum absolute atomic E-state index is 13.7. The van der Waals surface area contributed by atoms with Crippen molar-refractivity contribution in [2.75, 3.05) is 5.75 Å². The van der Waals surface area contributed by atoms with Crippen LogP contribution in [0.25, 0.3) is 0 Å². The van der Waals surface area contributed by atoms with Crippen molar-refractivity contribution in [2.45, 2.75) is 64.4 Å². The van der Waals surface area contributed by atoms with Crippen LogP contribution in [0.3, 0.4) is 0 Å². The van der Waals surface area contributed by atoms with E-state index in [0.717, 1.165) is 28.9 Å². The van der Waals surface area contributed by atoms with Crippen LogP contribution in [0.15, 0.2) is 84.9 Å². The summed E-state index contributed by atoms with van der Waals surface area (Å²) in [5.41, 5.74) is 4.48. The molecule has 0 fully saturated rings. The van der Waals surface area contributed by atoms with E-state index >= 15 is 0 Å². The van der Waals surface area contributed by atoms with Crippen LogP contribution in [0.1, 0.15) is 48.9 Å². The highest BCUT2D eigenvalue weighted by atomic mass is 32.2. The molecule has 2 unspecified atom stereocenters. The topological polar surface area (TPSA) is 49.4 Å². The number of carbonyl (C=O) groups is 2. The normalized spacial score (nSPS) is 12.5. The SMILES string of the molecule is CCC(C)NC(=O)C(Cc1ccccc1)N(Cc1ccccc1C)C(=O)CCSCc1ccccc1. The first-order valence-electron chi connectivity index (χ1n) is 12.8. The lowest BCUT2D eigenvalue weighted by molar-refractivity contribution is -0.141. The Bertz CT molecular complexity index is 1090. The number of nitrogens with one attached hydrogen (secondary N) is 1. The van der Waals surface area contributed by atoms with E-state index in [1.807, 2.05) is 73.7 Å². The number of thioether (sulfide) groups is 1. The highest BCUT2D eigenvalue weighted by Crippen LogP contribution is 2.20. The number of hydrogen-bond acceptors (Lipinski definition) is 3. The lowest BCUT2D eigenvalue weighted by Gasteiger charge is -2.33. The van der Waals surface area contributed by atoms with Gasteiger partial charge in [-0.1, -0.05) is 91.9 Å². The molecule has 4 nitrogen and oxygen atoms in total. The highest BCUT2D eigenvalue weighted by molar-refractivity contribution is 7.98. The van der Waals surface area contributed by atoms with Crippen LogP contribution < -0.4 is 5.32 Å². The van der Waals surface area contributed by atoms with Crippen LogP contribution in [-0.2, 0) is 28.3 Å². The largest absolute Gasteiger partial charge is 0.352 e. The molecule has 0 heterocycles.